The third-order valence-electron chi connectivity index (χ3n) is 7.30. The molecule has 0 aromatic carbocycles. The summed E-state index contributed by atoms with van der Waals surface area (Å²) in [5.41, 5.74) is 0.257. The number of unbranched alkanes of at least 4 members (excludes halogenated alkanes) is 2. The molecule has 2 aliphatic heterocycles. The number of sulfonamides is 2. The van der Waals surface area contributed by atoms with Crippen LogP contribution in [0.25, 0.3) is 0 Å². The summed E-state index contributed by atoms with van der Waals surface area (Å²) in [5, 5.41) is -0.108. The zero-order valence-corrected chi connectivity index (χ0v) is 21.8. The number of hydrogen-bond acceptors (Lipinski definition) is 4. The van der Waals surface area contributed by atoms with Crippen LogP contribution in [0.4, 0.5) is 0 Å². The first-order valence-corrected chi connectivity index (χ1v) is 15.4. The minimum Gasteiger partial charge on any atom is -0.212 e. The van der Waals surface area contributed by atoms with Gasteiger partial charge in [-0.25, -0.2) is 25.4 Å². The van der Waals surface area contributed by atoms with Crippen molar-refractivity contribution in [3.8, 4) is 0 Å². The van der Waals surface area contributed by atoms with Crippen molar-refractivity contribution in [1.82, 2.24) is 8.61 Å². The summed E-state index contributed by atoms with van der Waals surface area (Å²) in [6.07, 6.45) is 6.48. The van der Waals surface area contributed by atoms with Crippen LogP contribution < -0.4 is 0 Å². The molecule has 0 radical (unpaired) electrons. The van der Waals surface area contributed by atoms with Gasteiger partial charge in [-0.2, -0.15) is 0 Å². The summed E-state index contributed by atoms with van der Waals surface area (Å²) in [7, 11) is -6.13. The van der Waals surface area contributed by atoms with Gasteiger partial charge in [-0.15, -0.1) is 0 Å². The van der Waals surface area contributed by atoms with Crippen molar-refractivity contribution in [2.75, 3.05) is 31.9 Å². The Labute approximate surface area is 191 Å². The Hall–Kier alpha value is -0.180. The summed E-state index contributed by atoms with van der Waals surface area (Å²) < 4.78 is 53.1. The van der Waals surface area contributed by atoms with E-state index in [-0.39, 0.29) is 16.4 Å². The number of hydrogen-bond donors (Lipinski definition) is 0. The minimum atomic E-state index is -3.10. The highest BCUT2D eigenvalue weighted by atomic mass is 32.2. The molecule has 3 aliphatic rings. The minimum absolute atomic E-state index is 0.108. The average Bonchev–Trinajstić information content (AvgIpc) is 3.38. The fourth-order valence-corrected chi connectivity index (χ4v) is 9.01. The molecule has 31 heavy (non-hydrogen) atoms. The molecule has 6 nitrogen and oxygen atoms in total. The Bertz CT molecular complexity index is 801. The van der Waals surface area contributed by atoms with Crippen LogP contribution in [0.2, 0.25) is 0 Å². The summed E-state index contributed by atoms with van der Waals surface area (Å²) in [5.74, 6) is 2.28. The van der Waals surface area contributed by atoms with E-state index < -0.39 is 20.0 Å². The van der Waals surface area contributed by atoms with Gasteiger partial charge in [0.1, 0.15) is 0 Å². The van der Waals surface area contributed by atoms with Gasteiger partial charge in [0.05, 0.1) is 11.0 Å². The Balaban J connectivity index is 1.33. The van der Waals surface area contributed by atoms with Gasteiger partial charge in [-0.1, -0.05) is 47.5 Å². The van der Waals surface area contributed by atoms with Gasteiger partial charge in [0, 0.05) is 26.2 Å². The Morgan fingerprint density at radius 1 is 0.871 bits per heavy atom. The van der Waals surface area contributed by atoms with Crippen molar-refractivity contribution in [3.63, 3.8) is 0 Å². The third-order valence-corrected chi connectivity index (χ3v) is 11.5. The van der Waals surface area contributed by atoms with E-state index >= 15 is 0 Å². The maximum Gasteiger partial charge on any atom is 0.217 e. The van der Waals surface area contributed by atoms with Crippen LogP contribution in [0.3, 0.4) is 0 Å². The van der Waals surface area contributed by atoms with Crippen molar-refractivity contribution >= 4 is 20.0 Å². The third kappa shape index (κ3) is 6.67. The first-order valence-electron chi connectivity index (χ1n) is 12.3. The molecule has 8 heteroatoms. The second kappa shape index (κ2) is 9.59. The molecule has 1 atom stereocenters. The van der Waals surface area contributed by atoms with Crippen LogP contribution in [0.5, 0.6) is 0 Å². The van der Waals surface area contributed by atoms with E-state index in [0.717, 1.165) is 44.9 Å². The topological polar surface area (TPSA) is 74.8 Å². The molecule has 0 spiro atoms. The van der Waals surface area contributed by atoms with Crippen molar-refractivity contribution < 1.29 is 16.8 Å². The molecule has 0 amide bonds. The first-order chi connectivity index (χ1) is 14.3. The molecule has 0 N–H and O–H groups in total. The van der Waals surface area contributed by atoms with Crippen molar-refractivity contribution in [2.45, 2.75) is 84.8 Å². The highest BCUT2D eigenvalue weighted by molar-refractivity contribution is 7.90. The molecular weight excluding hydrogens is 432 g/mol. The van der Waals surface area contributed by atoms with Crippen molar-refractivity contribution in [1.29, 1.82) is 0 Å². The highest BCUT2D eigenvalue weighted by Crippen LogP contribution is 2.39. The summed E-state index contributed by atoms with van der Waals surface area (Å²) >= 11 is 0. The van der Waals surface area contributed by atoms with Gasteiger partial charge in [-0.3, -0.25) is 0 Å². The SMILES string of the molecule is CC(C)C(CCCCCS(=O)(=O)N1CC(CC(C)(C)C)C1)C1CN(S(=O)(=O)C2CC2)C1. The molecule has 3 rings (SSSR count). The van der Waals surface area contributed by atoms with Gasteiger partial charge in [0.15, 0.2) is 0 Å². The smallest absolute Gasteiger partial charge is 0.212 e. The molecule has 0 bridgehead atoms. The highest BCUT2D eigenvalue weighted by Gasteiger charge is 2.47. The largest absolute Gasteiger partial charge is 0.217 e. The van der Waals surface area contributed by atoms with E-state index in [1.165, 1.54) is 0 Å². The average molecular weight is 477 g/mol. The molecule has 2 saturated heterocycles. The van der Waals surface area contributed by atoms with Gasteiger partial charge in [0.2, 0.25) is 20.0 Å². The van der Waals surface area contributed by atoms with Crippen molar-refractivity contribution in [2.24, 2.45) is 29.1 Å². The molecule has 1 unspecified atom stereocenters. The van der Waals surface area contributed by atoms with Crippen molar-refractivity contribution in [3.05, 3.63) is 0 Å². The zero-order valence-electron chi connectivity index (χ0n) is 20.2. The molecule has 1 saturated carbocycles. The summed E-state index contributed by atoms with van der Waals surface area (Å²) in [4.78, 5) is 0. The van der Waals surface area contributed by atoms with Crippen LogP contribution >= 0.6 is 0 Å². The van der Waals surface area contributed by atoms with E-state index in [2.05, 4.69) is 34.6 Å². The van der Waals surface area contributed by atoms with Gasteiger partial charge in [-0.05, 0) is 61.2 Å². The zero-order chi connectivity index (χ0) is 23.0. The van der Waals surface area contributed by atoms with E-state index in [1.54, 1.807) is 8.61 Å². The second-order valence-electron chi connectivity index (χ2n) is 11.8. The van der Waals surface area contributed by atoms with Crippen LogP contribution in [-0.4, -0.2) is 62.6 Å². The predicted molar refractivity (Wildman–Crippen MR) is 127 cm³/mol. The lowest BCUT2D eigenvalue weighted by molar-refractivity contribution is 0.0974. The molecule has 2 heterocycles. The maximum absolute atomic E-state index is 12.5. The standard InChI is InChI=1S/C23H44N2O4S2/c1-18(2)22(20-16-25(17-20)31(28,29)21-10-11-21)9-7-6-8-12-30(26,27)24-14-19(15-24)13-23(3,4)5/h18-22H,6-17H2,1-5H3. The fraction of sp³-hybridized carbons (Fsp3) is 1.00. The Morgan fingerprint density at radius 2 is 1.48 bits per heavy atom. The van der Waals surface area contributed by atoms with Crippen LogP contribution in [0, 0.1) is 29.1 Å². The second-order valence-corrected chi connectivity index (χ2v) is 16.1. The van der Waals surface area contributed by atoms with Crippen LogP contribution in [0.1, 0.15) is 79.6 Å². The van der Waals surface area contributed by atoms with Crippen LogP contribution in [0.15, 0.2) is 0 Å². The molecule has 0 aromatic rings. The molecule has 3 fully saturated rings. The fourth-order valence-electron chi connectivity index (χ4n) is 5.35. The summed E-state index contributed by atoms with van der Waals surface area (Å²) in [6, 6.07) is 0. The lowest BCUT2D eigenvalue weighted by atomic mass is 9.77. The van der Waals surface area contributed by atoms with E-state index in [9.17, 15) is 16.8 Å². The van der Waals surface area contributed by atoms with E-state index in [4.69, 9.17) is 0 Å². The van der Waals surface area contributed by atoms with Gasteiger partial charge in [0.25, 0.3) is 0 Å². The molecule has 1 aliphatic carbocycles. The monoisotopic (exact) mass is 476 g/mol. The molecule has 182 valence electrons. The predicted octanol–water partition coefficient (Wildman–Crippen LogP) is 3.94. The maximum atomic E-state index is 12.5. The Kier molecular flexibility index (Phi) is 7.87. The summed E-state index contributed by atoms with van der Waals surface area (Å²) in [6.45, 7) is 13.8. The first kappa shape index (κ1) is 25.4. The lowest BCUT2D eigenvalue weighted by Crippen LogP contribution is -2.54. The van der Waals surface area contributed by atoms with Gasteiger partial charge < -0.3 is 0 Å². The molecule has 0 aromatic heterocycles. The number of rotatable bonds is 12. The van der Waals surface area contributed by atoms with E-state index in [0.29, 0.717) is 49.9 Å². The quantitative estimate of drug-likeness (QED) is 0.400. The molecular formula is C23H44N2O4S2. The van der Waals surface area contributed by atoms with Gasteiger partial charge >= 0.3 is 0 Å². The van der Waals surface area contributed by atoms with Crippen LogP contribution in [-0.2, 0) is 20.0 Å². The lowest BCUT2D eigenvalue weighted by Gasteiger charge is -2.44. The Morgan fingerprint density at radius 3 is 2.00 bits per heavy atom. The number of nitrogens with zero attached hydrogens (tertiary/aromatic N) is 2. The normalized spacial score (nSPS) is 23.7. The van der Waals surface area contributed by atoms with E-state index in [1.807, 2.05) is 0 Å².